The molecule has 0 saturated carbocycles. The minimum absolute atomic E-state index is 0.0386. The molecule has 2 saturated heterocycles. The topological polar surface area (TPSA) is 68.6 Å². The summed E-state index contributed by atoms with van der Waals surface area (Å²) >= 11 is 0. The van der Waals surface area contributed by atoms with Gasteiger partial charge < -0.3 is 19.9 Å². The number of benzene rings is 1. The molecule has 3 rings (SSSR count). The molecule has 128 valence electrons. The number of methoxy groups -OCH3 is 1. The average molecular weight is 332 g/mol. The summed E-state index contributed by atoms with van der Waals surface area (Å²) in [5.74, 6) is -0.957. The van der Waals surface area contributed by atoms with E-state index in [0.29, 0.717) is 19.5 Å². The minimum Gasteiger partial charge on any atom is -0.380 e. The molecule has 1 amide bonds. The summed E-state index contributed by atoms with van der Waals surface area (Å²) in [6, 6.07) is 4.59. The predicted octanol–water partition coefficient (Wildman–Crippen LogP) is 1.34. The van der Waals surface area contributed by atoms with Crippen molar-refractivity contribution in [2.24, 2.45) is 0 Å². The lowest BCUT2D eigenvalue weighted by molar-refractivity contribution is 0.0934. The van der Waals surface area contributed by atoms with Gasteiger partial charge in [0.05, 0.1) is 11.7 Å². The number of likely N-dealkylation sites (tertiary alicyclic amines) is 1. The second kappa shape index (κ2) is 7.05. The maximum absolute atomic E-state index is 14.4. The highest BCUT2D eigenvalue weighted by molar-refractivity contribution is 5.95. The van der Waals surface area contributed by atoms with Crippen LogP contribution in [0.3, 0.4) is 0 Å². The second-order valence-electron chi connectivity index (χ2n) is 6.26. The number of halogens is 1. The number of rotatable bonds is 4. The number of hydrogen-bond donors (Lipinski definition) is 1. The molecule has 2 fully saturated rings. The van der Waals surface area contributed by atoms with Gasteiger partial charge in [-0.05, 0) is 31.0 Å². The van der Waals surface area contributed by atoms with E-state index in [9.17, 15) is 9.18 Å². The molecule has 0 aromatic heterocycles. The van der Waals surface area contributed by atoms with E-state index in [1.807, 2.05) is 0 Å². The van der Waals surface area contributed by atoms with Crippen molar-refractivity contribution in [2.75, 3.05) is 38.2 Å². The first-order valence-electron chi connectivity index (χ1n) is 8.13. The molecule has 0 bridgehead atoms. The van der Waals surface area contributed by atoms with Crippen LogP contribution in [-0.4, -0.2) is 56.2 Å². The van der Waals surface area contributed by atoms with E-state index >= 15 is 0 Å². The largest absolute Gasteiger partial charge is 0.380 e. The van der Waals surface area contributed by atoms with Crippen LogP contribution in [0.25, 0.3) is 0 Å². The van der Waals surface area contributed by atoms with Gasteiger partial charge in [-0.1, -0.05) is 0 Å². The number of carbonyl (C=O) groups excluding carboxylic acids is 1. The molecule has 1 aromatic carbocycles. The van der Waals surface area contributed by atoms with Gasteiger partial charge in [0.2, 0.25) is 0 Å². The third-order valence-electron chi connectivity index (χ3n) is 4.71. The van der Waals surface area contributed by atoms with Crippen LogP contribution in [-0.2, 0) is 4.74 Å². The Morgan fingerprint density at radius 3 is 2.83 bits per heavy atom. The zero-order valence-corrected chi connectivity index (χ0v) is 13.7. The molecule has 1 aromatic rings. The first kappa shape index (κ1) is 16.5. The van der Waals surface area contributed by atoms with E-state index in [1.54, 1.807) is 18.1 Å². The Morgan fingerprint density at radius 1 is 1.38 bits per heavy atom. The Labute approximate surface area is 140 Å². The smallest absolute Gasteiger partial charge is 0.254 e. The Kier molecular flexibility index (Phi) is 4.86. The Bertz CT molecular complexity index is 660. The van der Waals surface area contributed by atoms with E-state index in [2.05, 4.69) is 16.4 Å². The highest BCUT2D eigenvalue weighted by Crippen LogP contribution is 2.24. The quantitative estimate of drug-likeness (QED) is 0.843. The van der Waals surface area contributed by atoms with Gasteiger partial charge >= 0.3 is 0 Å². The highest BCUT2D eigenvalue weighted by atomic mass is 19.1. The molecule has 0 spiro atoms. The number of nitriles is 1. The van der Waals surface area contributed by atoms with Crippen molar-refractivity contribution in [3.05, 3.63) is 29.6 Å². The highest BCUT2D eigenvalue weighted by Gasteiger charge is 2.26. The first-order valence-corrected chi connectivity index (χ1v) is 8.13. The van der Waals surface area contributed by atoms with Crippen LogP contribution < -0.4 is 10.2 Å². The number of anilines is 1. The fraction of sp³-hybridized carbons (Fsp3) is 0.529. The van der Waals surface area contributed by atoms with Crippen LogP contribution >= 0.6 is 0 Å². The van der Waals surface area contributed by atoms with Gasteiger partial charge in [0.1, 0.15) is 5.82 Å². The molecular formula is C17H21FN4O2. The van der Waals surface area contributed by atoms with Gasteiger partial charge in [0, 0.05) is 45.0 Å². The van der Waals surface area contributed by atoms with Crippen molar-refractivity contribution in [1.82, 2.24) is 10.2 Å². The molecule has 0 aliphatic carbocycles. The molecule has 7 heteroatoms. The van der Waals surface area contributed by atoms with Gasteiger partial charge in [-0.15, -0.1) is 0 Å². The number of amides is 1. The van der Waals surface area contributed by atoms with Gasteiger partial charge in [0.25, 0.3) is 5.91 Å². The summed E-state index contributed by atoms with van der Waals surface area (Å²) in [5.41, 5.74) is 0.803. The monoisotopic (exact) mass is 332 g/mol. The lowest BCUT2D eigenvalue weighted by atomic mass is 10.1. The predicted molar refractivity (Wildman–Crippen MR) is 87.1 cm³/mol. The fourth-order valence-corrected chi connectivity index (χ4v) is 3.27. The van der Waals surface area contributed by atoms with E-state index in [1.165, 1.54) is 12.1 Å². The summed E-state index contributed by atoms with van der Waals surface area (Å²) in [7, 11) is 1.68. The maximum atomic E-state index is 14.4. The normalized spacial score (nSPS) is 23.4. The lowest BCUT2D eigenvalue weighted by Crippen LogP contribution is -2.36. The standard InChI is InChI=1S/C17H21FN4O2/c1-24-14-5-7-22(10-14)13-2-3-15(16(18)8-13)17(23)20-12-4-6-21(9-12)11-19/h2-3,8,12,14H,4-7,9-10H2,1H3,(H,20,23)/t12-,14-/m1/s1. The van der Waals surface area contributed by atoms with Crippen LogP contribution in [0.1, 0.15) is 23.2 Å². The van der Waals surface area contributed by atoms with Crippen LogP contribution in [0, 0.1) is 17.3 Å². The zero-order valence-electron chi connectivity index (χ0n) is 13.7. The molecule has 24 heavy (non-hydrogen) atoms. The number of ether oxygens (including phenoxy) is 1. The Hall–Kier alpha value is -2.33. The van der Waals surface area contributed by atoms with Crippen molar-refractivity contribution >= 4 is 11.6 Å². The number of nitrogens with zero attached hydrogens (tertiary/aromatic N) is 3. The molecule has 2 heterocycles. The molecule has 6 nitrogen and oxygen atoms in total. The second-order valence-corrected chi connectivity index (χ2v) is 6.26. The first-order chi connectivity index (χ1) is 11.6. The van der Waals surface area contributed by atoms with E-state index in [0.717, 1.165) is 25.2 Å². The fourth-order valence-electron chi connectivity index (χ4n) is 3.27. The van der Waals surface area contributed by atoms with Crippen LogP contribution in [0.2, 0.25) is 0 Å². The summed E-state index contributed by atoms with van der Waals surface area (Å²) < 4.78 is 19.7. The molecule has 0 radical (unpaired) electrons. The summed E-state index contributed by atoms with van der Waals surface area (Å²) in [5, 5.41) is 11.6. The van der Waals surface area contributed by atoms with Crippen LogP contribution in [0.5, 0.6) is 0 Å². The lowest BCUT2D eigenvalue weighted by Gasteiger charge is -2.19. The third kappa shape index (κ3) is 3.44. The zero-order chi connectivity index (χ0) is 17.1. The molecule has 2 aliphatic rings. The molecule has 2 aliphatic heterocycles. The molecule has 0 unspecified atom stereocenters. The summed E-state index contributed by atoms with van der Waals surface area (Å²) in [6.07, 6.45) is 3.84. The number of carbonyl (C=O) groups is 1. The van der Waals surface area contributed by atoms with Crippen LogP contribution in [0.4, 0.5) is 10.1 Å². The van der Waals surface area contributed by atoms with Crippen molar-refractivity contribution in [1.29, 1.82) is 5.26 Å². The Morgan fingerprint density at radius 2 is 2.21 bits per heavy atom. The number of nitrogens with one attached hydrogen (secondary N) is 1. The van der Waals surface area contributed by atoms with Crippen molar-refractivity contribution < 1.29 is 13.9 Å². The Balaban J connectivity index is 1.64. The van der Waals surface area contributed by atoms with Crippen molar-refractivity contribution in [3.63, 3.8) is 0 Å². The summed E-state index contributed by atoms with van der Waals surface area (Å²) in [4.78, 5) is 15.9. The maximum Gasteiger partial charge on any atom is 0.254 e. The van der Waals surface area contributed by atoms with Gasteiger partial charge in [-0.25, -0.2) is 4.39 Å². The summed E-state index contributed by atoms with van der Waals surface area (Å²) in [6.45, 7) is 2.65. The average Bonchev–Trinajstić information content (AvgIpc) is 3.23. The van der Waals surface area contributed by atoms with Crippen molar-refractivity contribution in [3.8, 4) is 6.19 Å². The van der Waals surface area contributed by atoms with Gasteiger partial charge in [0.15, 0.2) is 6.19 Å². The minimum atomic E-state index is -0.527. The molecular weight excluding hydrogens is 311 g/mol. The molecule has 2 atom stereocenters. The third-order valence-corrected chi connectivity index (χ3v) is 4.71. The van der Waals surface area contributed by atoms with Gasteiger partial charge in [-0.3, -0.25) is 4.79 Å². The molecule has 1 N–H and O–H groups in total. The van der Waals surface area contributed by atoms with E-state index < -0.39 is 11.7 Å². The van der Waals surface area contributed by atoms with Gasteiger partial charge in [-0.2, -0.15) is 5.26 Å². The van der Waals surface area contributed by atoms with Crippen LogP contribution in [0.15, 0.2) is 18.2 Å². The van der Waals surface area contributed by atoms with Crippen molar-refractivity contribution in [2.45, 2.75) is 25.0 Å². The SMILES string of the molecule is CO[C@@H]1CCN(c2ccc(C(=O)N[C@@H]3CCN(C#N)C3)c(F)c2)C1. The van der Waals surface area contributed by atoms with E-state index in [-0.39, 0.29) is 17.7 Å². The van der Waals surface area contributed by atoms with E-state index in [4.69, 9.17) is 10.00 Å². The number of hydrogen-bond acceptors (Lipinski definition) is 5.